The van der Waals surface area contributed by atoms with E-state index in [0.717, 1.165) is 18.2 Å². The van der Waals surface area contributed by atoms with Crippen LogP contribution in [0.1, 0.15) is 15.9 Å². The molecule has 0 saturated heterocycles. The predicted octanol–water partition coefficient (Wildman–Crippen LogP) is 3.00. The number of carbonyl (C=O) groups excluding carboxylic acids is 1. The molecule has 0 aliphatic rings. The lowest BCUT2D eigenvalue weighted by Crippen LogP contribution is -2.28. The fourth-order valence-corrected chi connectivity index (χ4v) is 2.17. The predicted molar refractivity (Wildman–Crippen MR) is 80.0 cm³/mol. The number of halogens is 2. The molecule has 3 rings (SSSR count). The summed E-state index contributed by atoms with van der Waals surface area (Å²) in [6, 6.07) is 11.1. The fourth-order valence-electron chi connectivity index (χ4n) is 2.17. The molecule has 0 spiro atoms. The molecule has 0 aliphatic carbocycles. The zero-order chi connectivity index (χ0) is 16.4. The largest absolute Gasteiger partial charge is 0.422 e. The van der Waals surface area contributed by atoms with E-state index in [9.17, 15) is 18.4 Å². The van der Waals surface area contributed by atoms with E-state index in [1.165, 1.54) is 6.07 Å². The average molecular weight is 315 g/mol. The lowest BCUT2D eigenvalue weighted by atomic mass is 10.1. The molecule has 2 aromatic carbocycles. The Kier molecular flexibility index (Phi) is 3.89. The number of nitrogens with one attached hydrogen (secondary N) is 1. The highest BCUT2D eigenvalue weighted by molar-refractivity contribution is 5.96. The Bertz CT molecular complexity index is 950. The molecule has 0 bridgehead atoms. The van der Waals surface area contributed by atoms with Crippen LogP contribution in [0.25, 0.3) is 11.0 Å². The molecule has 0 fully saturated rings. The first-order chi connectivity index (χ1) is 11.0. The number of benzene rings is 2. The SMILES string of the molecule is O=C(NCc1cc(F)ccc1F)c1cc2ccccc2oc1=O. The van der Waals surface area contributed by atoms with Gasteiger partial charge in [0.15, 0.2) is 0 Å². The zero-order valence-electron chi connectivity index (χ0n) is 11.8. The summed E-state index contributed by atoms with van der Waals surface area (Å²) in [6.07, 6.45) is 0. The topological polar surface area (TPSA) is 59.3 Å². The van der Waals surface area contributed by atoms with Crippen molar-refractivity contribution in [1.82, 2.24) is 5.32 Å². The Hall–Kier alpha value is -3.02. The molecular formula is C17H11F2NO3. The Labute approximate surface area is 129 Å². The second kappa shape index (κ2) is 6.00. The van der Waals surface area contributed by atoms with Crippen LogP contribution in [-0.2, 0) is 6.54 Å². The highest BCUT2D eigenvalue weighted by Crippen LogP contribution is 2.13. The van der Waals surface area contributed by atoms with Gasteiger partial charge in [-0.2, -0.15) is 0 Å². The van der Waals surface area contributed by atoms with Gasteiger partial charge in [-0.25, -0.2) is 13.6 Å². The number of amides is 1. The van der Waals surface area contributed by atoms with Crippen molar-refractivity contribution < 1.29 is 18.0 Å². The molecule has 4 nitrogen and oxygen atoms in total. The van der Waals surface area contributed by atoms with Gasteiger partial charge in [0.2, 0.25) is 0 Å². The lowest BCUT2D eigenvalue weighted by molar-refractivity contribution is 0.0947. The van der Waals surface area contributed by atoms with Gasteiger partial charge in [-0.1, -0.05) is 18.2 Å². The van der Waals surface area contributed by atoms with Crippen molar-refractivity contribution in [3.05, 3.63) is 81.7 Å². The average Bonchev–Trinajstić information content (AvgIpc) is 2.54. The Morgan fingerprint density at radius 2 is 1.87 bits per heavy atom. The molecule has 3 aromatic rings. The summed E-state index contributed by atoms with van der Waals surface area (Å²) in [6.45, 7) is -0.241. The van der Waals surface area contributed by atoms with Crippen LogP contribution < -0.4 is 10.9 Å². The van der Waals surface area contributed by atoms with E-state index >= 15 is 0 Å². The van der Waals surface area contributed by atoms with Crippen LogP contribution in [-0.4, -0.2) is 5.91 Å². The minimum absolute atomic E-state index is 0.0106. The van der Waals surface area contributed by atoms with Crippen LogP contribution in [0.3, 0.4) is 0 Å². The van der Waals surface area contributed by atoms with Gasteiger partial charge in [-0.05, 0) is 30.3 Å². The van der Waals surface area contributed by atoms with Crippen LogP contribution in [0.2, 0.25) is 0 Å². The summed E-state index contributed by atoms with van der Waals surface area (Å²) in [4.78, 5) is 23.9. The molecule has 0 radical (unpaired) electrons. The van der Waals surface area contributed by atoms with E-state index in [4.69, 9.17) is 4.42 Å². The van der Waals surface area contributed by atoms with Gasteiger partial charge in [0, 0.05) is 17.5 Å². The van der Waals surface area contributed by atoms with Gasteiger partial charge in [-0.3, -0.25) is 4.79 Å². The van der Waals surface area contributed by atoms with E-state index in [1.54, 1.807) is 24.3 Å². The molecule has 0 atom stereocenters. The highest BCUT2D eigenvalue weighted by atomic mass is 19.1. The summed E-state index contributed by atoms with van der Waals surface area (Å²) in [5.41, 5.74) is -0.629. The monoisotopic (exact) mass is 315 g/mol. The number of hydrogen-bond donors (Lipinski definition) is 1. The first-order valence-electron chi connectivity index (χ1n) is 6.79. The van der Waals surface area contributed by atoms with Crippen molar-refractivity contribution in [1.29, 1.82) is 0 Å². The molecule has 1 N–H and O–H groups in total. The molecule has 1 aromatic heterocycles. The van der Waals surface area contributed by atoms with Crippen LogP contribution in [0.4, 0.5) is 8.78 Å². The minimum Gasteiger partial charge on any atom is -0.422 e. The quantitative estimate of drug-likeness (QED) is 0.756. The van der Waals surface area contributed by atoms with Crippen molar-refractivity contribution in [2.75, 3.05) is 0 Å². The van der Waals surface area contributed by atoms with Crippen molar-refractivity contribution in [3.63, 3.8) is 0 Å². The van der Waals surface area contributed by atoms with Crippen molar-refractivity contribution in [2.45, 2.75) is 6.54 Å². The van der Waals surface area contributed by atoms with Crippen molar-refractivity contribution in [3.8, 4) is 0 Å². The van der Waals surface area contributed by atoms with E-state index in [1.807, 2.05) is 0 Å². The third-order valence-corrected chi connectivity index (χ3v) is 3.33. The third-order valence-electron chi connectivity index (χ3n) is 3.33. The van der Waals surface area contributed by atoms with Crippen molar-refractivity contribution in [2.24, 2.45) is 0 Å². The number of carbonyl (C=O) groups is 1. The van der Waals surface area contributed by atoms with Gasteiger partial charge in [-0.15, -0.1) is 0 Å². The number of fused-ring (bicyclic) bond motifs is 1. The molecule has 1 amide bonds. The maximum absolute atomic E-state index is 13.5. The standard InChI is InChI=1S/C17H11F2NO3/c18-12-5-6-14(19)11(7-12)9-20-16(21)13-8-10-3-1-2-4-15(10)23-17(13)22/h1-8H,9H2,(H,20,21). The van der Waals surface area contributed by atoms with Gasteiger partial charge in [0.05, 0.1) is 0 Å². The summed E-state index contributed by atoms with van der Waals surface area (Å²) < 4.78 is 31.7. The summed E-state index contributed by atoms with van der Waals surface area (Å²) in [5, 5.41) is 2.98. The fraction of sp³-hybridized carbons (Fsp3) is 0.0588. The number of para-hydroxylation sites is 1. The number of rotatable bonds is 3. The zero-order valence-corrected chi connectivity index (χ0v) is 11.8. The molecule has 0 aliphatic heterocycles. The van der Waals surface area contributed by atoms with Gasteiger partial charge in [0.25, 0.3) is 5.91 Å². The second-order valence-electron chi connectivity index (χ2n) is 4.90. The molecule has 116 valence electrons. The van der Waals surface area contributed by atoms with Crippen LogP contribution >= 0.6 is 0 Å². The highest BCUT2D eigenvalue weighted by Gasteiger charge is 2.14. The molecule has 0 unspecified atom stereocenters. The lowest BCUT2D eigenvalue weighted by Gasteiger charge is -2.06. The molecular weight excluding hydrogens is 304 g/mol. The second-order valence-corrected chi connectivity index (χ2v) is 4.90. The smallest absolute Gasteiger partial charge is 0.349 e. The Morgan fingerprint density at radius 1 is 1.09 bits per heavy atom. The van der Waals surface area contributed by atoms with Gasteiger partial charge < -0.3 is 9.73 Å². The Balaban J connectivity index is 1.85. The van der Waals surface area contributed by atoms with E-state index in [2.05, 4.69) is 5.32 Å². The third kappa shape index (κ3) is 3.11. The van der Waals surface area contributed by atoms with E-state index < -0.39 is 23.2 Å². The van der Waals surface area contributed by atoms with Gasteiger partial charge >= 0.3 is 5.63 Å². The van der Waals surface area contributed by atoms with Crippen LogP contribution in [0.5, 0.6) is 0 Å². The van der Waals surface area contributed by atoms with Crippen molar-refractivity contribution >= 4 is 16.9 Å². The maximum Gasteiger partial charge on any atom is 0.349 e. The summed E-state index contributed by atoms with van der Waals surface area (Å²) in [7, 11) is 0. The first-order valence-corrected chi connectivity index (χ1v) is 6.79. The van der Waals surface area contributed by atoms with Gasteiger partial charge in [0.1, 0.15) is 22.8 Å². The molecule has 1 heterocycles. The van der Waals surface area contributed by atoms with Crippen LogP contribution in [0, 0.1) is 11.6 Å². The molecule has 0 saturated carbocycles. The Morgan fingerprint density at radius 3 is 2.70 bits per heavy atom. The van der Waals surface area contributed by atoms with Crippen LogP contribution in [0.15, 0.2) is 57.7 Å². The normalized spacial score (nSPS) is 10.7. The minimum atomic E-state index is -0.791. The maximum atomic E-state index is 13.5. The van der Waals surface area contributed by atoms with E-state index in [-0.39, 0.29) is 17.7 Å². The first kappa shape index (κ1) is 14.9. The molecule has 6 heteroatoms. The van der Waals surface area contributed by atoms with E-state index in [0.29, 0.717) is 11.0 Å². The molecule has 23 heavy (non-hydrogen) atoms. The summed E-state index contributed by atoms with van der Waals surface area (Å²) >= 11 is 0. The number of hydrogen-bond acceptors (Lipinski definition) is 3. The summed E-state index contributed by atoms with van der Waals surface area (Å²) in [5.74, 6) is -1.97.